The second-order valence-electron chi connectivity index (χ2n) is 2.18. The maximum absolute atomic E-state index is 10.5. The summed E-state index contributed by atoms with van der Waals surface area (Å²) in [6.07, 6.45) is 3.40. The number of rotatable bonds is 0. The van der Waals surface area contributed by atoms with Crippen LogP contribution in [0.3, 0.4) is 0 Å². The molecule has 2 rings (SSSR count). The van der Waals surface area contributed by atoms with Crippen LogP contribution in [-0.4, -0.2) is 15.8 Å². The van der Waals surface area contributed by atoms with E-state index in [9.17, 15) is 4.79 Å². The van der Waals surface area contributed by atoms with E-state index in [4.69, 9.17) is 9.52 Å². The molecule has 0 unspecified atom stereocenters. The van der Waals surface area contributed by atoms with Gasteiger partial charge in [0.05, 0.1) is 11.8 Å². The molecule has 11 heavy (non-hydrogen) atoms. The number of carbonyl (C=O) groups is 1. The van der Waals surface area contributed by atoms with Crippen LogP contribution in [0, 0.1) is 0 Å². The van der Waals surface area contributed by atoms with Crippen LogP contribution in [0.15, 0.2) is 29.2 Å². The maximum Gasteiger partial charge on any atom is 0.416 e. The molecule has 0 atom stereocenters. The summed E-state index contributed by atoms with van der Waals surface area (Å²) in [4.78, 5) is 10.5. The van der Waals surface area contributed by atoms with E-state index in [0.717, 1.165) is 9.95 Å². The molecule has 0 amide bonds. The van der Waals surface area contributed by atoms with Crippen molar-refractivity contribution in [3.63, 3.8) is 0 Å². The van der Waals surface area contributed by atoms with Crippen molar-refractivity contribution in [1.82, 2.24) is 4.57 Å². The Bertz CT molecular complexity index is 398. The fourth-order valence-electron chi connectivity index (χ4n) is 1.02. The maximum atomic E-state index is 10.5. The molecule has 1 N–H and O–H groups in total. The predicted octanol–water partition coefficient (Wildman–Crippen LogP) is 1.76. The van der Waals surface area contributed by atoms with Gasteiger partial charge in [0.15, 0.2) is 0 Å². The molecule has 0 aliphatic carbocycles. The van der Waals surface area contributed by atoms with Crippen molar-refractivity contribution < 1.29 is 14.3 Å². The fourth-order valence-corrected chi connectivity index (χ4v) is 1.02. The van der Waals surface area contributed by atoms with Crippen molar-refractivity contribution >= 4 is 17.0 Å². The Labute approximate surface area is 61.6 Å². The molecule has 4 heteroatoms. The monoisotopic (exact) mass is 151 g/mol. The number of hydrogen-bond acceptors (Lipinski definition) is 2. The van der Waals surface area contributed by atoms with E-state index in [0.29, 0.717) is 5.52 Å². The van der Waals surface area contributed by atoms with Crippen molar-refractivity contribution in [2.75, 3.05) is 0 Å². The number of carboxylic acid groups (broad SMARTS) is 1. The summed E-state index contributed by atoms with van der Waals surface area (Å²) in [6, 6.07) is 1.69. The molecule has 0 aliphatic heterocycles. The summed E-state index contributed by atoms with van der Waals surface area (Å²) < 4.78 is 5.92. The highest BCUT2D eigenvalue weighted by atomic mass is 16.4. The Kier molecular flexibility index (Phi) is 1.03. The first-order chi connectivity index (χ1) is 5.29. The molecule has 56 valence electrons. The van der Waals surface area contributed by atoms with Gasteiger partial charge in [0.2, 0.25) is 0 Å². The molecular formula is C7H5NO3. The topological polar surface area (TPSA) is 55.4 Å². The molecular weight excluding hydrogens is 146 g/mol. The third kappa shape index (κ3) is 0.724. The predicted molar refractivity (Wildman–Crippen MR) is 37.6 cm³/mol. The molecule has 0 aliphatic rings. The quantitative estimate of drug-likeness (QED) is 0.624. The molecule has 0 fully saturated rings. The second-order valence-corrected chi connectivity index (χ2v) is 2.18. The van der Waals surface area contributed by atoms with Crippen molar-refractivity contribution in [3.05, 3.63) is 24.8 Å². The number of fused-ring (bicyclic) bond motifs is 1. The highest BCUT2D eigenvalue weighted by Gasteiger charge is 2.06. The highest BCUT2D eigenvalue weighted by Crippen LogP contribution is 2.15. The van der Waals surface area contributed by atoms with Gasteiger partial charge in [0.25, 0.3) is 0 Å². The lowest BCUT2D eigenvalue weighted by atomic mass is 10.4. The Morgan fingerprint density at radius 3 is 3.09 bits per heavy atom. The second kappa shape index (κ2) is 1.88. The summed E-state index contributed by atoms with van der Waals surface area (Å²) in [7, 11) is 0. The van der Waals surface area contributed by atoms with E-state index < -0.39 is 6.09 Å². The van der Waals surface area contributed by atoms with Crippen LogP contribution in [0.25, 0.3) is 10.9 Å². The summed E-state index contributed by atoms with van der Waals surface area (Å²) in [5.74, 6) is 0. The van der Waals surface area contributed by atoms with Gasteiger partial charge in [-0.05, 0) is 6.07 Å². The van der Waals surface area contributed by atoms with Crippen LogP contribution in [0.1, 0.15) is 0 Å². The minimum Gasteiger partial charge on any atom is -0.470 e. The van der Waals surface area contributed by atoms with Crippen LogP contribution in [0.5, 0.6) is 0 Å². The van der Waals surface area contributed by atoms with E-state index in [1.807, 2.05) is 0 Å². The van der Waals surface area contributed by atoms with Crippen molar-refractivity contribution in [3.8, 4) is 0 Å². The van der Waals surface area contributed by atoms with Crippen molar-refractivity contribution in [1.29, 1.82) is 0 Å². The number of hydrogen-bond donors (Lipinski definition) is 1. The first-order valence-corrected chi connectivity index (χ1v) is 3.05. The lowest BCUT2D eigenvalue weighted by Crippen LogP contribution is -2.04. The van der Waals surface area contributed by atoms with E-state index in [1.54, 1.807) is 6.07 Å². The SMILES string of the molecule is O=C(O)n1ccc2cocc21. The van der Waals surface area contributed by atoms with Gasteiger partial charge in [-0.3, -0.25) is 0 Å². The molecule has 0 spiro atoms. The third-order valence-electron chi connectivity index (χ3n) is 1.54. The Balaban J connectivity index is 2.78. The summed E-state index contributed by atoms with van der Waals surface area (Å²) in [6.45, 7) is 0. The zero-order chi connectivity index (χ0) is 7.84. The van der Waals surface area contributed by atoms with Crippen LogP contribution >= 0.6 is 0 Å². The Morgan fingerprint density at radius 1 is 1.55 bits per heavy atom. The van der Waals surface area contributed by atoms with Crippen LogP contribution in [-0.2, 0) is 0 Å². The first kappa shape index (κ1) is 6.03. The summed E-state index contributed by atoms with van der Waals surface area (Å²) >= 11 is 0. The minimum atomic E-state index is -0.999. The van der Waals surface area contributed by atoms with E-state index >= 15 is 0 Å². The summed E-state index contributed by atoms with van der Waals surface area (Å²) in [5, 5.41) is 9.41. The molecule has 0 saturated carbocycles. The van der Waals surface area contributed by atoms with E-state index in [-0.39, 0.29) is 0 Å². The van der Waals surface area contributed by atoms with Gasteiger partial charge in [0, 0.05) is 11.6 Å². The average molecular weight is 151 g/mol. The van der Waals surface area contributed by atoms with Gasteiger partial charge >= 0.3 is 6.09 Å². The molecule has 2 aromatic rings. The number of furan rings is 1. The van der Waals surface area contributed by atoms with Gasteiger partial charge in [-0.25, -0.2) is 9.36 Å². The van der Waals surface area contributed by atoms with Crippen molar-refractivity contribution in [2.24, 2.45) is 0 Å². The molecule has 2 aromatic heterocycles. The smallest absolute Gasteiger partial charge is 0.416 e. The van der Waals surface area contributed by atoms with Crippen LogP contribution in [0.2, 0.25) is 0 Å². The highest BCUT2D eigenvalue weighted by molar-refractivity contribution is 5.87. The van der Waals surface area contributed by atoms with Gasteiger partial charge in [-0.2, -0.15) is 0 Å². The van der Waals surface area contributed by atoms with Gasteiger partial charge in [-0.1, -0.05) is 0 Å². The van der Waals surface area contributed by atoms with Crippen LogP contribution < -0.4 is 0 Å². The molecule has 0 saturated heterocycles. The average Bonchev–Trinajstić information content (AvgIpc) is 2.41. The van der Waals surface area contributed by atoms with Crippen LogP contribution in [0.4, 0.5) is 4.79 Å². The normalized spacial score (nSPS) is 10.5. The Hall–Kier alpha value is -1.71. The first-order valence-electron chi connectivity index (χ1n) is 3.05. The number of nitrogens with zero attached hydrogens (tertiary/aromatic N) is 1. The lowest BCUT2D eigenvalue weighted by molar-refractivity contribution is 0.197. The summed E-state index contributed by atoms with van der Waals surface area (Å²) in [5.41, 5.74) is 0.581. The molecule has 2 heterocycles. The van der Waals surface area contributed by atoms with E-state index in [1.165, 1.54) is 18.7 Å². The molecule has 0 radical (unpaired) electrons. The van der Waals surface area contributed by atoms with E-state index in [2.05, 4.69) is 0 Å². The largest absolute Gasteiger partial charge is 0.470 e. The molecule has 0 bridgehead atoms. The molecule has 0 aromatic carbocycles. The lowest BCUT2D eigenvalue weighted by Gasteiger charge is -1.90. The Morgan fingerprint density at radius 2 is 2.36 bits per heavy atom. The third-order valence-corrected chi connectivity index (χ3v) is 1.54. The standard InChI is InChI=1S/C7H5NO3/c9-7(10)8-2-1-5-3-11-4-6(5)8/h1-4H,(H,9,10). The zero-order valence-electron chi connectivity index (χ0n) is 5.52. The minimum absolute atomic E-state index is 0.581. The molecule has 4 nitrogen and oxygen atoms in total. The zero-order valence-corrected chi connectivity index (χ0v) is 5.52. The number of aromatic nitrogens is 1. The fraction of sp³-hybridized carbons (Fsp3) is 0. The van der Waals surface area contributed by atoms with Gasteiger partial charge in [-0.15, -0.1) is 0 Å². The van der Waals surface area contributed by atoms with Crippen molar-refractivity contribution in [2.45, 2.75) is 0 Å². The van der Waals surface area contributed by atoms with Gasteiger partial charge < -0.3 is 9.52 Å². The van der Waals surface area contributed by atoms with Gasteiger partial charge in [0.1, 0.15) is 6.26 Å².